The van der Waals surface area contributed by atoms with Crippen LogP contribution in [0, 0.1) is 0 Å². The van der Waals surface area contributed by atoms with Crippen LogP contribution in [0.1, 0.15) is 91.5 Å². The molecule has 0 saturated carbocycles. The van der Waals surface area contributed by atoms with Crippen LogP contribution in [0.4, 0.5) is 0 Å². The zero-order valence-corrected chi connectivity index (χ0v) is 48.8. The Morgan fingerprint density at radius 1 is 0.268 bits per heavy atom. The Bertz CT molecular complexity index is 3810. The van der Waals surface area contributed by atoms with E-state index in [0.717, 1.165) is 6.42 Å². The van der Waals surface area contributed by atoms with Crippen molar-refractivity contribution in [1.82, 2.24) is 4.57 Å². The number of aryl methyl sites for hydroxylation is 5. The Kier molecular flexibility index (Phi) is 21.1. The standard InChI is InChI=1S/C14H14.C13H11N.C12H8.2C10H8.C9H10.C9H8.2C2H6/c1-2-6-12-10-14-8-4-3-7-13(14)9-11(12)5-1;1-14-12-8-4-2-6-10(12)11-7-3-5-9-13(11)14;1-3-9-4-2-6-11-8-7-10(5-1)12(9)11;2*1-2-6-10-8-4-3-7-9(10)5-1;2*1-2-5-9-7-3-6-8(9)4-1;2*1-2/h1-2,5-6,9-10H,3-4,7-8H2;2-9H,1H3;1-8H;2*1-8H;1-2,4-5H,3,6-7H2;1-6H,7H2;2*1-2H3. The Balaban J connectivity index is 0.000000115. The van der Waals surface area contributed by atoms with E-state index in [4.69, 9.17) is 0 Å². The van der Waals surface area contributed by atoms with Gasteiger partial charge < -0.3 is 4.57 Å². The van der Waals surface area contributed by atoms with Crippen molar-refractivity contribution >= 4 is 83.1 Å². The maximum absolute atomic E-state index is 2.38. The summed E-state index contributed by atoms with van der Waals surface area (Å²) in [5.41, 5.74) is 14.4. The number of hydrogen-bond acceptors (Lipinski definition) is 0. The molecule has 4 aliphatic rings. The summed E-state index contributed by atoms with van der Waals surface area (Å²) >= 11 is 0. The molecule has 0 bridgehead atoms. The predicted molar refractivity (Wildman–Crippen MR) is 362 cm³/mol. The first-order valence-electron chi connectivity index (χ1n) is 29.9. The molecule has 12 aromatic carbocycles. The molecule has 1 heterocycles. The molecule has 13 aromatic rings. The van der Waals surface area contributed by atoms with Gasteiger partial charge in [-0.3, -0.25) is 0 Å². The summed E-state index contributed by atoms with van der Waals surface area (Å²) in [4.78, 5) is 0. The third-order valence-electron chi connectivity index (χ3n) is 15.5. The second kappa shape index (κ2) is 30.0. The van der Waals surface area contributed by atoms with Gasteiger partial charge in [0.1, 0.15) is 0 Å². The molecule has 0 fully saturated rings. The lowest BCUT2D eigenvalue weighted by molar-refractivity contribution is 0.687. The smallest absolute Gasteiger partial charge is 0.0488 e. The lowest BCUT2D eigenvalue weighted by Crippen LogP contribution is -2.01. The van der Waals surface area contributed by atoms with Crippen molar-refractivity contribution in [3.63, 3.8) is 0 Å². The number of hydrogen-bond donors (Lipinski definition) is 0. The molecule has 408 valence electrons. The lowest BCUT2D eigenvalue weighted by Gasteiger charge is -2.16. The number of nitrogens with zero attached hydrogens (tertiary/aromatic N) is 1. The van der Waals surface area contributed by atoms with Crippen LogP contribution in [0.15, 0.2) is 273 Å². The summed E-state index contributed by atoms with van der Waals surface area (Å²) in [5, 5.41) is 13.5. The summed E-state index contributed by atoms with van der Waals surface area (Å²) < 4.78 is 2.24. The van der Waals surface area contributed by atoms with Crippen molar-refractivity contribution in [2.75, 3.05) is 0 Å². The van der Waals surface area contributed by atoms with Crippen molar-refractivity contribution in [3.05, 3.63) is 318 Å². The van der Waals surface area contributed by atoms with Crippen LogP contribution >= 0.6 is 0 Å². The summed E-state index contributed by atoms with van der Waals surface area (Å²) in [5.74, 6) is 0. The zero-order chi connectivity index (χ0) is 56.7. The molecule has 4 aliphatic carbocycles. The van der Waals surface area contributed by atoms with Gasteiger partial charge in [-0.1, -0.05) is 307 Å². The number of aromatic nitrogens is 1. The third kappa shape index (κ3) is 14.7. The first-order valence-corrected chi connectivity index (χ1v) is 29.9. The van der Waals surface area contributed by atoms with Gasteiger partial charge in [-0.15, -0.1) is 0 Å². The monoisotopic (exact) mass is 1070 g/mol. The fourth-order valence-corrected chi connectivity index (χ4v) is 11.4. The molecule has 0 amide bonds. The Labute approximate surface area is 488 Å². The number of fused-ring (bicyclic) bond motifs is 9. The summed E-state index contributed by atoms with van der Waals surface area (Å²) in [6.07, 6.45) is 19.1. The van der Waals surface area contributed by atoms with E-state index < -0.39 is 0 Å². The van der Waals surface area contributed by atoms with Crippen molar-refractivity contribution in [2.45, 2.75) is 79.1 Å². The highest BCUT2D eigenvalue weighted by Crippen LogP contribution is 2.31. The second-order valence-electron chi connectivity index (χ2n) is 20.5. The van der Waals surface area contributed by atoms with E-state index >= 15 is 0 Å². The Hall–Kier alpha value is -9.04. The minimum atomic E-state index is 1.12. The second-order valence-corrected chi connectivity index (χ2v) is 20.5. The molecule has 1 aromatic heterocycles. The van der Waals surface area contributed by atoms with Gasteiger partial charge in [0.2, 0.25) is 0 Å². The van der Waals surface area contributed by atoms with E-state index in [-0.39, 0.29) is 0 Å². The molecule has 0 N–H and O–H groups in total. The van der Waals surface area contributed by atoms with Gasteiger partial charge in [0.25, 0.3) is 0 Å². The topological polar surface area (TPSA) is 4.93 Å². The molecule has 1 nitrogen and oxygen atoms in total. The Morgan fingerprint density at radius 3 is 1.02 bits per heavy atom. The highest BCUT2D eigenvalue weighted by molar-refractivity contribution is 6.08. The molecule has 0 radical (unpaired) electrons. The highest BCUT2D eigenvalue weighted by atomic mass is 14.9. The van der Waals surface area contributed by atoms with E-state index in [1.807, 2.05) is 27.7 Å². The SMILES string of the molecule is C1=Cc2cccc3cccc1c23.C1=Cc2ccccc2C1.CC.CC.Cn1c2ccccc2c2ccccc21.c1ccc2c(c1)CCC2.c1ccc2cc3c(cc2c1)CCCC3.c1ccc2ccccc2c1.c1ccc2ccccc2c1. The van der Waals surface area contributed by atoms with Crippen molar-refractivity contribution < 1.29 is 0 Å². The van der Waals surface area contributed by atoms with E-state index in [0.29, 0.717) is 0 Å². The maximum atomic E-state index is 2.38. The van der Waals surface area contributed by atoms with Crippen molar-refractivity contribution in [1.29, 1.82) is 0 Å². The van der Waals surface area contributed by atoms with E-state index in [1.54, 1.807) is 22.3 Å². The van der Waals surface area contributed by atoms with E-state index in [1.165, 1.54) is 132 Å². The summed E-state index contributed by atoms with van der Waals surface area (Å²) in [6, 6.07) is 94.0. The zero-order valence-electron chi connectivity index (χ0n) is 48.8. The van der Waals surface area contributed by atoms with Gasteiger partial charge in [-0.25, -0.2) is 0 Å². The molecule has 0 unspecified atom stereocenters. The van der Waals surface area contributed by atoms with Crippen molar-refractivity contribution in [2.24, 2.45) is 7.05 Å². The molecule has 1 heteroatoms. The van der Waals surface area contributed by atoms with Crippen LogP contribution in [0.2, 0.25) is 0 Å². The van der Waals surface area contributed by atoms with Gasteiger partial charge in [0.05, 0.1) is 0 Å². The van der Waals surface area contributed by atoms with E-state index in [9.17, 15) is 0 Å². The largest absolute Gasteiger partial charge is 0.344 e. The molecule has 0 aliphatic heterocycles. The van der Waals surface area contributed by atoms with Gasteiger partial charge in [-0.05, 0) is 151 Å². The molecule has 0 spiro atoms. The average molecular weight is 1070 g/mol. The van der Waals surface area contributed by atoms with Crippen LogP contribution in [-0.4, -0.2) is 4.57 Å². The van der Waals surface area contributed by atoms with Crippen LogP contribution in [0.25, 0.3) is 83.1 Å². The minimum Gasteiger partial charge on any atom is -0.344 e. The maximum Gasteiger partial charge on any atom is 0.0488 e. The lowest BCUT2D eigenvalue weighted by atomic mass is 9.89. The quantitative estimate of drug-likeness (QED) is 0.143. The molecule has 0 saturated heterocycles. The van der Waals surface area contributed by atoms with Gasteiger partial charge in [-0.2, -0.15) is 0 Å². The molecular weight excluding hydrogens is 987 g/mol. The number of benzene rings is 12. The minimum absolute atomic E-state index is 1.12. The fraction of sp³-hybridized carbons (Fsp3) is 0.160. The van der Waals surface area contributed by atoms with Crippen LogP contribution < -0.4 is 0 Å². The molecule has 0 atom stereocenters. The van der Waals surface area contributed by atoms with Crippen LogP contribution in [-0.2, 0) is 39.2 Å². The molecular formula is C81H79N. The summed E-state index contributed by atoms with van der Waals surface area (Å²) in [6.45, 7) is 8.00. The number of para-hydroxylation sites is 2. The van der Waals surface area contributed by atoms with Crippen LogP contribution in [0.5, 0.6) is 0 Å². The third-order valence-corrected chi connectivity index (χ3v) is 15.5. The summed E-state index contributed by atoms with van der Waals surface area (Å²) in [7, 11) is 2.12. The average Bonchev–Trinajstić information content (AvgIpc) is 4.59. The van der Waals surface area contributed by atoms with Gasteiger partial charge in [0, 0.05) is 28.9 Å². The predicted octanol–water partition coefficient (Wildman–Crippen LogP) is 22.5. The molecule has 17 rings (SSSR count). The van der Waals surface area contributed by atoms with Crippen LogP contribution in [0.3, 0.4) is 0 Å². The number of allylic oxidation sites excluding steroid dienone is 1. The Morgan fingerprint density at radius 2 is 0.598 bits per heavy atom. The fourth-order valence-electron chi connectivity index (χ4n) is 11.4. The first-order chi connectivity index (χ1) is 40.6. The van der Waals surface area contributed by atoms with Gasteiger partial charge in [0.15, 0.2) is 0 Å². The number of rotatable bonds is 0. The molecule has 82 heavy (non-hydrogen) atoms. The van der Waals surface area contributed by atoms with Crippen molar-refractivity contribution in [3.8, 4) is 0 Å². The normalized spacial score (nSPS) is 12.2. The van der Waals surface area contributed by atoms with Gasteiger partial charge >= 0.3 is 0 Å². The highest BCUT2D eigenvalue weighted by Gasteiger charge is 2.11. The van der Waals surface area contributed by atoms with E-state index in [2.05, 4.69) is 303 Å². The first kappa shape index (κ1) is 57.6.